The molecule has 0 bridgehead atoms. The largest absolute Gasteiger partial charge is 0.469 e. The summed E-state index contributed by atoms with van der Waals surface area (Å²) >= 11 is 0. The van der Waals surface area contributed by atoms with Crippen molar-refractivity contribution in [3.05, 3.63) is 0 Å². The maximum absolute atomic E-state index is 12.8. The molecule has 1 unspecified atom stereocenters. The molecule has 1 aliphatic heterocycles. The van der Waals surface area contributed by atoms with Gasteiger partial charge in [-0.05, 0) is 37.5 Å². The SMILES string of the molecule is COCC1(CS(=O)(=O)N2CCC3(CC2)CC3C(=O)OC)CCC1. The Bertz CT molecular complexity index is 561. The highest BCUT2D eigenvalue weighted by atomic mass is 32.2. The van der Waals surface area contributed by atoms with Gasteiger partial charge in [-0.1, -0.05) is 6.42 Å². The highest BCUT2D eigenvalue weighted by Gasteiger charge is 2.60. The van der Waals surface area contributed by atoms with Gasteiger partial charge < -0.3 is 9.47 Å². The van der Waals surface area contributed by atoms with E-state index in [1.54, 1.807) is 11.4 Å². The van der Waals surface area contributed by atoms with Gasteiger partial charge in [-0.3, -0.25) is 4.79 Å². The van der Waals surface area contributed by atoms with Crippen molar-refractivity contribution in [1.29, 1.82) is 0 Å². The molecule has 1 saturated heterocycles. The van der Waals surface area contributed by atoms with Crippen LogP contribution in [-0.4, -0.2) is 58.4 Å². The van der Waals surface area contributed by atoms with Crippen molar-refractivity contribution in [3.63, 3.8) is 0 Å². The topological polar surface area (TPSA) is 72.9 Å². The number of hydrogen-bond donors (Lipinski definition) is 0. The number of nitrogens with zero attached hydrogens (tertiary/aromatic N) is 1. The first-order valence-electron chi connectivity index (χ1n) is 8.41. The fourth-order valence-corrected chi connectivity index (χ4v) is 6.44. The van der Waals surface area contributed by atoms with Gasteiger partial charge in [0.05, 0.1) is 25.4 Å². The second-order valence-electron chi connectivity index (χ2n) is 7.58. The highest BCUT2D eigenvalue weighted by Crippen LogP contribution is 2.60. The smallest absolute Gasteiger partial charge is 0.309 e. The number of piperidine rings is 1. The van der Waals surface area contributed by atoms with E-state index in [4.69, 9.17) is 9.47 Å². The minimum Gasteiger partial charge on any atom is -0.469 e. The molecule has 1 spiro atoms. The lowest BCUT2D eigenvalue weighted by molar-refractivity contribution is -0.143. The van der Waals surface area contributed by atoms with E-state index in [0.717, 1.165) is 38.5 Å². The predicted molar refractivity (Wildman–Crippen MR) is 85.3 cm³/mol. The summed E-state index contributed by atoms with van der Waals surface area (Å²) in [5.41, 5.74) is -0.184. The van der Waals surface area contributed by atoms with E-state index in [-0.39, 0.29) is 28.5 Å². The average Bonchev–Trinajstić information content (AvgIpc) is 3.18. The molecule has 2 saturated carbocycles. The first kappa shape index (κ1) is 17.2. The molecule has 0 aromatic heterocycles. The van der Waals surface area contributed by atoms with Crippen molar-refractivity contribution in [1.82, 2.24) is 4.31 Å². The summed E-state index contributed by atoms with van der Waals surface area (Å²) in [6, 6.07) is 0. The molecule has 3 aliphatic rings. The van der Waals surface area contributed by atoms with Gasteiger partial charge in [0.2, 0.25) is 10.0 Å². The molecule has 0 aromatic rings. The molecule has 0 amide bonds. The third-order valence-corrected chi connectivity index (χ3v) is 8.27. The Hall–Kier alpha value is -0.660. The Balaban J connectivity index is 1.58. The first-order valence-corrected chi connectivity index (χ1v) is 10.0. The average molecular weight is 345 g/mol. The molecule has 23 heavy (non-hydrogen) atoms. The van der Waals surface area contributed by atoms with E-state index in [0.29, 0.717) is 19.7 Å². The fraction of sp³-hybridized carbons (Fsp3) is 0.938. The van der Waals surface area contributed by atoms with Crippen LogP contribution in [0.3, 0.4) is 0 Å². The van der Waals surface area contributed by atoms with E-state index in [9.17, 15) is 13.2 Å². The third kappa shape index (κ3) is 3.15. The van der Waals surface area contributed by atoms with Crippen LogP contribution in [0.25, 0.3) is 0 Å². The molecular formula is C16H27NO5S. The van der Waals surface area contributed by atoms with Gasteiger partial charge in [0, 0.05) is 25.6 Å². The summed E-state index contributed by atoms with van der Waals surface area (Å²) in [7, 11) is -0.198. The van der Waals surface area contributed by atoms with Gasteiger partial charge in [0.1, 0.15) is 0 Å². The summed E-state index contributed by atoms with van der Waals surface area (Å²) in [6.07, 6.45) is 5.33. The number of carbonyl (C=O) groups is 1. The zero-order valence-corrected chi connectivity index (χ0v) is 14.9. The second-order valence-corrected chi connectivity index (χ2v) is 9.55. The second kappa shape index (κ2) is 6.01. The summed E-state index contributed by atoms with van der Waals surface area (Å²) in [5.74, 6) is 0.0278. The van der Waals surface area contributed by atoms with Crippen LogP contribution in [0.15, 0.2) is 0 Å². The summed E-state index contributed by atoms with van der Waals surface area (Å²) in [6.45, 7) is 1.58. The molecule has 1 heterocycles. The molecule has 2 aliphatic carbocycles. The molecule has 7 heteroatoms. The maximum atomic E-state index is 12.8. The number of sulfonamides is 1. The number of methoxy groups -OCH3 is 2. The molecule has 132 valence electrons. The van der Waals surface area contributed by atoms with Gasteiger partial charge in [-0.2, -0.15) is 0 Å². The van der Waals surface area contributed by atoms with Crippen LogP contribution in [0.4, 0.5) is 0 Å². The monoisotopic (exact) mass is 345 g/mol. The number of rotatable bonds is 6. The molecule has 3 fully saturated rings. The van der Waals surface area contributed by atoms with Crippen LogP contribution in [-0.2, 0) is 24.3 Å². The van der Waals surface area contributed by atoms with Crippen molar-refractivity contribution in [3.8, 4) is 0 Å². The van der Waals surface area contributed by atoms with E-state index in [1.165, 1.54) is 7.11 Å². The molecule has 6 nitrogen and oxygen atoms in total. The molecule has 1 atom stereocenters. The standard InChI is InChI=1S/C16H27NO5S/c1-21-11-15(4-3-5-15)12-23(19,20)17-8-6-16(7-9-17)10-13(16)14(18)22-2/h13H,3-12H2,1-2H3. The Morgan fingerprint density at radius 1 is 1.17 bits per heavy atom. The Kier molecular flexibility index (Phi) is 4.48. The van der Waals surface area contributed by atoms with Crippen LogP contribution in [0, 0.1) is 16.7 Å². The minimum atomic E-state index is -3.25. The van der Waals surface area contributed by atoms with E-state index in [1.807, 2.05) is 0 Å². The predicted octanol–water partition coefficient (Wildman–Crippen LogP) is 1.41. The molecule has 0 N–H and O–H groups in total. The molecule has 0 aromatic carbocycles. The van der Waals surface area contributed by atoms with Crippen molar-refractivity contribution in [2.24, 2.45) is 16.7 Å². The number of hydrogen-bond acceptors (Lipinski definition) is 5. The third-order valence-electron chi connectivity index (χ3n) is 6.14. The van der Waals surface area contributed by atoms with E-state index < -0.39 is 10.0 Å². The van der Waals surface area contributed by atoms with Crippen molar-refractivity contribution >= 4 is 16.0 Å². The van der Waals surface area contributed by atoms with Gasteiger partial charge in [0.15, 0.2) is 0 Å². The number of carbonyl (C=O) groups excluding carboxylic acids is 1. The maximum Gasteiger partial charge on any atom is 0.309 e. The fourth-order valence-electron chi connectivity index (χ4n) is 4.38. The quantitative estimate of drug-likeness (QED) is 0.681. The Morgan fingerprint density at radius 2 is 1.83 bits per heavy atom. The van der Waals surface area contributed by atoms with Crippen molar-refractivity contribution < 1.29 is 22.7 Å². The summed E-state index contributed by atoms with van der Waals surface area (Å²) < 4.78 is 37.2. The van der Waals surface area contributed by atoms with E-state index in [2.05, 4.69) is 0 Å². The van der Waals surface area contributed by atoms with Crippen LogP contribution < -0.4 is 0 Å². The normalized spacial score (nSPS) is 29.0. The minimum absolute atomic E-state index is 0.000199. The lowest BCUT2D eigenvalue weighted by atomic mass is 9.71. The first-order chi connectivity index (χ1) is 10.9. The van der Waals surface area contributed by atoms with Crippen molar-refractivity contribution in [2.45, 2.75) is 38.5 Å². The van der Waals surface area contributed by atoms with Crippen LogP contribution >= 0.6 is 0 Å². The lowest BCUT2D eigenvalue weighted by Crippen LogP contribution is -2.48. The van der Waals surface area contributed by atoms with Gasteiger partial charge in [0.25, 0.3) is 0 Å². The van der Waals surface area contributed by atoms with Gasteiger partial charge in [-0.25, -0.2) is 12.7 Å². The molecular weight excluding hydrogens is 318 g/mol. The van der Waals surface area contributed by atoms with Crippen LogP contribution in [0.5, 0.6) is 0 Å². The zero-order chi connectivity index (χ0) is 16.7. The van der Waals surface area contributed by atoms with Crippen LogP contribution in [0.1, 0.15) is 38.5 Å². The van der Waals surface area contributed by atoms with Crippen LogP contribution in [0.2, 0.25) is 0 Å². The zero-order valence-electron chi connectivity index (χ0n) is 14.0. The van der Waals surface area contributed by atoms with Crippen molar-refractivity contribution in [2.75, 3.05) is 39.7 Å². The highest BCUT2D eigenvalue weighted by molar-refractivity contribution is 7.89. The lowest BCUT2D eigenvalue weighted by Gasteiger charge is -2.42. The molecule has 0 radical (unpaired) electrons. The van der Waals surface area contributed by atoms with E-state index >= 15 is 0 Å². The summed E-state index contributed by atoms with van der Waals surface area (Å²) in [5, 5.41) is 0. The number of ether oxygens (including phenoxy) is 2. The van der Waals surface area contributed by atoms with Gasteiger partial charge in [-0.15, -0.1) is 0 Å². The number of esters is 1. The van der Waals surface area contributed by atoms with Gasteiger partial charge >= 0.3 is 5.97 Å². The summed E-state index contributed by atoms with van der Waals surface area (Å²) in [4.78, 5) is 11.7. The Labute approximate surface area is 138 Å². The Morgan fingerprint density at radius 3 is 2.30 bits per heavy atom. The molecule has 3 rings (SSSR count).